The van der Waals surface area contributed by atoms with Gasteiger partial charge in [-0.2, -0.15) is 0 Å². The molecule has 1 amide bonds. The van der Waals surface area contributed by atoms with Crippen LogP contribution in [-0.2, 0) is 21.2 Å². The molecule has 1 saturated heterocycles. The van der Waals surface area contributed by atoms with Crippen LogP contribution >= 0.6 is 0 Å². The van der Waals surface area contributed by atoms with E-state index in [-0.39, 0.29) is 17.9 Å². The van der Waals surface area contributed by atoms with Crippen LogP contribution in [0.5, 0.6) is 5.75 Å². The monoisotopic (exact) mass is 406 g/mol. The van der Waals surface area contributed by atoms with Crippen LogP contribution < -0.4 is 15.5 Å². The third-order valence-electron chi connectivity index (χ3n) is 4.78. The van der Waals surface area contributed by atoms with Crippen molar-refractivity contribution in [3.63, 3.8) is 0 Å². The Bertz CT molecular complexity index is 917. The Morgan fingerprint density at radius 3 is 2.50 bits per heavy atom. The first kappa shape index (κ1) is 20.3. The first-order valence-electron chi connectivity index (χ1n) is 8.76. The van der Waals surface area contributed by atoms with E-state index in [1.807, 2.05) is 30.3 Å². The fourth-order valence-electron chi connectivity index (χ4n) is 3.23. The second-order valence-electron chi connectivity index (χ2n) is 6.61. The summed E-state index contributed by atoms with van der Waals surface area (Å²) in [5, 5.41) is 20.9. The number of sulfone groups is 1. The fourth-order valence-corrected chi connectivity index (χ4v) is 5.21. The van der Waals surface area contributed by atoms with Crippen LogP contribution in [0.4, 0.5) is 0 Å². The molecular weight excluding hydrogens is 384 g/mol. The number of β-amino-alcohol motifs (C(OH)–C–C–N with tert-alkyl or cyclic N) is 1. The third kappa shape index (κ3) is 4.02. The third-order valence-corrected chi connectivity index (χ3v) is 7.08. The zero-order valence-corrected chi connectivity index (χ0v) is 15.9. The molecule has 0 aliphatic carbocycles. The summed E-state index contributed by atoms with van der Waals surface area (Å²) in [7, 11) is -4.03. The summed E-state index contributed by atoms with van der Waals surface area (Å²) in [6, 6.07) is 15.4. The quantitative estimate of drug-likeness (QED) is 0.410. The van der Waals surface area contributed by atoms with Gasteiger partial charge in [0.15, 0.2) is 15.4 Å². The highest BCUT2D eigenvalue weighted by molar-refractivity contribution is 7.92. The molecule has 0 radical (unpaired) electrons. The molecule has 4 N–H and O–H groups in total. The summed E-state index contributed by atoms with van der Waals surface area (Å²) in [6.45, 7) is 0.391. The Morgan fingerprint density at radius 1 is 1.18 bits per heavy atom. The number of hydroxylamine groups is 1. The van der Waals surface area contributed by atoms with Crippen LogP contribution in [0.15, 0.2) is 59.5 Å². The average molecular weight is 406 g/mol. The Balaban J connectivity index is 1.78. The van der Waals surface area contributed by atoms with E-state index in [0.717, 1.165) is 5.56 Å². The van der Waals surface area contributed by atoms with Gasteiger partial charge in [-0.05, 0) is 42.8 Å². The van der Waals surface area contributed by atoms with Crippen molar-refractivity contribution < 1.29 is 28.3 Å². The molecule has 9 heteroatoms. The lowest BCUT2D eigenvalue weighted by Crippen LogP contribution is -2.65. The number of carbonyl (C=O) groups is 1. The van der Waals surface area contributed by atoms with E-state index >= 15 is 0 Å². The second kappa shape index (κ2) is 8.27. The molecule has 2 unspecified atom stereocenters. The smallest absolute Gasteiger partial charge is 0.277 e. The van der Waals surface area contributed by atoms with E-state index in [1.165, 1.54) is 29.7 Å². The molecule has 8 nitrogen and oxygen atoms in total. The number of hydrogen-bond donors (Lipinski definition) is 4. The lowest BCUT2D eigenvalue weighted by molar-refractivity contribution is -0.149. The lowest BCUT2D eigenvalue weighted by Gasteiger charge is -2.37. The number of hydrogen-bond acceptors (Lipinski definition) is 7. The largest absolute Gasteiger partial charge is 0.489 e. The van der Waals surface area contributed by atoms with E-state index in [1.54, 1.807) is 0 Å². The zero-order chi connectivity index (χ0) is 20.2. The predicted octanol–water partition coefficient (Wildman–Crippen LogP) is 0.638. The first-order valence-corrected chi connectivity index (χ1v) is 10.3. The highest BCUT2D eigenvalue weighted by Gasteiger charge is 2.52. The van der Waals surface area contributed by atoms with Gasteiger partial charge in [0, 0.05) is 6.54 Å². The van der Waals surface area contributed by atoms with Gasteiger partial charge >= 0.3 is 0 Å². The van der Waals surface area contributed by atoms with Crippen molar-refractivity contribution in [2.75, 3.05) is 13.1 Å². The van der Waals surface area contributed by atoms with Gasteiger partial charge in [0.05, 0.1) is 4.90 Å². The number of nitrogens with one attached hydrogen (secondary N) is 2. The summed E-state index contributed by atoms with van der Waals surface area (Å²) in [5.74, 6) is -0.660. The van der Waals surface area contributed by atoms with Crippen molar-refractivity contribution in [2.45, 2.75) is 28.8 Å². The molecule has 0 saturated carbocycles. The molecule has 1 aliphatic rings. The Kier molecular flexibility index (Phi) is 5.99. The summed E-state index contributed by atoms with van der Waals surface area (Å²) in [5.41, 5.74) is 0.0678. The predicted molar refractivity (Wildman–Crippen MR) is 101 cm³/mol. The molecule has 1 aliphatic heterocycles. The van der Waals surface area contributed by atoms with Crippen LogP contribution in [-0.4, -0.2) is 48.6 Å². The van der Waals surface area contributed by atoms with Crippen molar-refractivity contribution in [3.8, 4) is 5.75 Å². The molecule has 0 spiro atoms. The fraction of sp³-hybridized carbons (Fsp3) is 0.316. The Morgan fingerprint density at radius 2 is 1.86 bits per heavy atom. The van der Waals surface area contributed by atoms with Gasteiger partial charge in [0.2, 0.25) is 0 Å². The van der Waals surface area contributed by atoms with Crippen LogP contribution in [0.25, 0.3) is 0 Å². The first-order chi connectivity index (χ1) is 13.4. The second-order valence-corrected chi connectivity index (χ2v) is 8.74. The molecule has 2 aromatic rings. The number of aliphatic hydroxyl groups is 1. The molecule has 1 heterocycles. The zero-order valence-electron chi connectivity index (χ0n) is 15.0. The standard InChI is InChI=1S/C19H22N2O6S/c22-18(21-24)19(23)13-20-11-10-17(19)28(25,26)16-8-6-15(7-9-16)27-12-14-4-2-1-3-5-14/h1-9,17,20,23-24H,10-13H2,(H,21,22). The van der Waals surface area contributed by atoms with Gasteiger partial charge in [-0.3, -0.25) is 10.0 Å². The van der Waals surface area contributed by atoms with Gasteiger partial charge in [0.25, 0.3) is 5.91 Å². The van der Waals surface area contributed by atoms with E-state index in [2.05, 4.69) is 5.32 Å². The van der Waals surface area contributed by atoms with Gasteiger partial charge in [-0.15, -0.1) is 0 Å². The minimum absolute atomic E-state index is 0.0263. The topological polar surface area (TPSA) is 125 Å². The maximum absolute atomic E-state index is 13.0. The summed E-state index contributed by atoms with van der Waals surface area (Å²) in [4.78, 5) is 11.9. The van der Waals surface area contributed by atoms with Crippen LogP contribution in [0, 0.1) is 0 Å². The molecule has 150 valence electrons. The van der Waals surface area contributed by atoms with Gasteiger partial charge < -0.3 is 15.2 Å². The molecule has 2 atom stereocenters. The molecule has 1 fully saturated rings. The van der Waals surface area contributed by atoms with E-state index in [0.29, 0.717) is 18.9 Å². The van der Waals surface area contributed by atoms with Crippen molar-refractivity contribution in [1.82, 2.24) is 10.8 Å². The van der Waals surface area contributed by atoms with Crippen molar-refractivity contribution in [1.29, 1.82) is 0 Å². The summed E-state index contributed by atoms with van der Waals surface area (Å²) in [6.07, 6.45) is 0.0263. The van der Waals surface area contributed by atoms with E-state index in [4.69, 9.17) is 9.94 Å². The molecular formula is C19H22N2O6S. The normalized spacial score (nSPS) is 22.4. The maximum Gasteiger partial charge on any atom is 0.277 e. The summed E-state index contributed by atoms with van der Waals surface area (Å²) < 4.78 is 31.7. The van der Waals surface area contributed by atoms with Crippen molar-refractivity contribution >= 4 is 15.7 Å². The SMILES string of the molecule is O=C(NO)C1(O)CNCCC1S(=O)(=O)c1ccc(OCc2ccccc2)cc1. The summed E-state index contributed by atoms with van der Waals surface area (Å²) >= 11 is 0. The molecule has 2 aromatic carbocycles. The average Bonchev–Trinajstić information content (AvgIpc) is 2.73. The maximum atomic E-state index is 13.0. The van der Waals surface area contributed by atoms with Gasteiger partial charge in [-0.25, -0.2) is 13.9 Å². The molecule has 3 rings (SSSR count). The minimum Gasteiger partial charge on any atom is -0.489 e. The Hall–Kier alpha value is -2.46. The van der Waals surface area contributed by atoms with Crippen molar-refractivity contribution in [3.05, 3.63) is 60.2 Å². The van der Waals surface area contributed by atoms with Crippen molar-refractivity contribution in [2.24, 2.45) is 0 Å². The highest BCUT2D eigenvalue weighted by Crippen LogP contribution is 2.30. The lowest BCUT2D eigenvalue weighted by atomic mass is 9.93. The number of carbonyl (C=O) groups excluding carboxylic acids is 1. The number of ether oxygens (including phenoxy) is 1. The van der Waals surface area contributed by atoms with Gasteiger partial charge in [0.1, 0.15) is 17.6 Å². The van der Waals surface area contributed by atoms with E-state index < -0.39 is 26.6 Å². The number of amides is 1. The van der Waals surface area contributed by atoms with Crippen LogP contribution in [0.3, 0.4) is 0 Å². The molecule has 0 bridgehead atoms. The van der Waals surface area contributed by atoms with E-state index in [9.17, 15) is 18.3 Å². The number of piperidine rings is 1. The highest BCUT2D eigenvalue weighted by atomic mass is 32.2. The number of benzene rings is 2. The Labute approximate surface area is 163 Å². The van der Waals surface area contributed by atoms with Crippen LogP contribution in [0.1, 0.15) is 12.0 Å². The molecule has 28 heavy (non-hydrogen) atoms. The molecule has 0 aromatic heterocycles. The minimum atomic E-state index is -4.03. The van der Waals surface area contributed by atoms with Gasteiger partial charge in [-0.1, -0.05) is 30.3 Å². The van der Waals surface area contributed by atoms with Crippen LogP contribution in [0.2, 0.25) is 0 Å². The number of rotatable bonds is 6.